The average Bonchev–Trinajstić information content (AvgIpc) is 2.86. The first-order valence-corrected chi connectivity index (χ1v) is 5.91. The molecule has 0 radical (unpaired) electrons. The van der Waals surface area contributed by atoms with E-state index < -0.39 is 0 Å². The first-order chi connectivity index (χ1) is 8.20. The molecule has 0 fully saturated rings. The molecule has 6 heteroatoms. The fourth-order valence-corrected chi connectivity index (χ4v) is 1.94. The van der Waals surface area contributed by atoms with Gasteiger partial charge in [-0.2, -0.15) is 10.2 Å². The third kappa shape index (κ3) is 3.34. The van der Waals surface area contributed by atoms with Gasteiger partial charge in [0.05, 0.1) is 17.1 Å². The quantitative estimate of drug-likeness (QED) is 0.898. The molecule has 18 heavy (non-hydrogen) atoms. The van der Waals surface area contributed by atoms with Crippen molar-refractivity contribution in [3.8, 4) is 0 Å². The zero-order valence-electron chi connectivity index (χ0n) is 11.1. The van der Waals surface area contributed by atoms with Crippen LogP contribution in [0.25, 0.3) is 0 Å². The highest BCUT2D eigenvalue weighted by Crippen LogP contribution is 2.03. The second kappa shape index (κ2) is 6.56. The Morgan fingerprint density at radius 2 is 2.00 bits per heavy atom. The Morgan fingerprint density at radius 3 is 2.61 bits per heavy atom. The summed E-state index contributed by atoms with van der Waals surface area (Å²) < 4.78 is 3.92. The minimum atomic E-state index is 0. The van der Waals surface area contributed by atoms with E-state index in [2.05, 4.69) is 28.5 Å². The summed E-state index contributed by atoms with van der Waals surface area (Å²) in [7, 11) is 1.97. The minimum Gasteiger partial charge on any atom is -0.306 e. The van der Waals surface area contributed by atoms with Gasteiger partial charge < -0.3 is 5.32 Å². The van der Waals surface area contributed by atoms with E-state index in [1.54, 1.807) is 0 Å². The average molecular weight is 270 g/mol. The van der Waals surface area contributed by atoms with Gasteiger partial charge >= 0.3 is 0 Å². The number of hydrogen-bond acceptors (Lipinski definition) is 3. The number of nitrogens with zero attached hydrogens (tertiary/aromatic N) is 4. The van der Waals surface area contributed by atoms with Crippen LogP contribution >= 0.6 is 12.4 Å². The van der Waals surface area contributed by atoms with Crippen molar-refractivity contribution in [2.75, 3.05) is 0 Å². The van der Waals surface area contributed by atoms with Crippen LogP contribution in [0.4, 0.5) is 0 Å². The van der Waals surface area contributed by atoms with Crippen LogP contribution in [0.3, 0.4) is 0 Å². The van der Waals surface area contributed by atoms with Crippen LogP contribution in [0.1, 0.15) is 24.0 Å². The molecule has 0 saturated carbocycles. The zero-order chi connectivity index (χ0) is 12.3. The van der Waals surface area contributed by atoms with E-state index in [9.17, 15) is 0 Å². The summed E-state index contributed by atoms with van der Waals surface area (Å²) in [5.41, 5.74) is 3.47. The van der Waals surface area contributed by atoms with Gasteiger partial charge in [-0.25, -0.2) is 0 Å². The molecule has 0 atom stereocenters. The molecule has 0 saturated heterocycles. The van der Waals surface area contributed by atoms with Gasteiger partial charge in [0.2, 0.25) is 0 Å². The Bertz CT molecular complexity index is 488. The smallest absolute Gasteiger partial charge is 0.0597 e. The molecule has 5 nitrogen and oxygen atoms in total. The normalized spacial score (nSPS) is 10.4. The number of aromatic nitrogens is 4. The van der Waals surface area contributed by atoms with Crippen molar-refractivity contribution in [2.24, 2.45) is 7.05 Å². The van der Waals surface area contributed by atoms with Crippen LogP contribution in [-0.2, 0) is 26.7 Å². The molecule has 2 aromatic heterocycles. The second-order valence-corrected chi connectivity index (χ2v) is 4.14. The standard InChI is InChI=1S/C12H19N5.ClH/c1-4-17-11(5-6-14-17)8-13-9-12-7-10(2)15-16(12)3;/h5-7,13H,4,8-9H2,1-3H3;1H. The van der Waals surface area contributed by atoms with Gasteiger partial charge in [0.25, 0.3) is 0 Å². The lowest BCUT2D eigenvalue weighted by molar-refractivity contribution is 0.567. The van der Waals surface area contributed by atoms with Crippen molar-refractivity contribution in [3.63, 3.8) is 0 Å². The summed E-state index contributed by atoms with van der Waals surface area (Å²) in [6.07, 6.45) is 1.84. The fraction of sp³-hybridized carbons (Fsp3) is 0.500. The maximum absolute atomic E-state index is 4.32. The molecule has 2 aromatic rings. The van der Waals surface area contributed by atoms with Gasteiger partial charge in [0.15, 0.2) is 0 Å². The van der Waals surface area contributed by atoms with Gasteiger partial charge in [-0.05, 0) is 26.0 Å². The minimum absolute atomic E-state index is 0. The molecule has 0 unspecified atom stereocenters. The van der Waals surface area contributed by atoms with Crippen molar-refractivity contribution in [1.29, 1.82) is 0 Å². The summed E-state index contributed by atoms with van der Waals surface area (Å²) in [5, 5.41) is 12.0. The van der Waals surface area contributed by atoms with Gasteiger partial charge in [-0.15, -0.1) is 12.4 Å². The summed E-state index contributed by atoms with van der Waals surface area (Å²) in [5.74, 6) is 0. The van der Waals surface area contributed by atoms with E-state index in [1.807, 2.05) is 35.6 Å². The lowest BCUT2D eigenvalue weighted by Gasteiger charge is -2.06. The third-order valence-electron chi connectivity index (χ3n) is 2.82. The van der Waals surface area contributed by atoms with E-state index in [4.69, 9.17) is 0 Å². The van der Waals surface area contributed by atoms with Gasteiger partial charge in [0, 0.05) is 32.9 Å². The number of aryl methyl sites for hydroxylation is 3. The number of rotatable bonds is 5. The molecule has 1 N–H and O–H groups in total. The Balaban J connectivity index is 0.00000162. The van der Waals surface area contributed by atoms with Crippen LogP contribution in [0.15, 0.2) is 18.3 Å². The van der Waals surface area contributed by atoms with Crippen molar-refractivity contribution < 1.29 is 0 Å². The molecule has 0 aromatic carbocycles. The van der Waals surface area contributed by atoms with E-state index in [1.165, 1.54) is 11.4 Å². The Kier molecular flexibility index (Phi) is 5.37. The molecule has 0 aliphatic rings. The van der Waals surface area contributed by atoms with Crippen molar-refractivity contribution >= 4 is 12.4 Å². The maximum Gasteiger partial charge on any atom is 0.0597 e. The highest BCUT2D eigenvalue weighted by Gasteiger charge is 2.03. The summed E-state index contributed by atoms with van der Waals surface area (Å²) in [6.45, 7) is 6.68. The Morgan fingerprint density at radius 1 is 1.28 bits per heavy atom. The topological polar surface area (TPSA) is 47.7 Å². The number of halogens is 1. The van der Waals surface area contributed by atoms with E-state index in [0.717, 1.165) is 25.3 Å². The first kappa shape index (κ1) is 14.7. The molecular formula is C12H20ClN5. The van der Waals surface area contributed by atoms with Gasteiger partial charge in [-0.1, -0.05) is 0 Å². The highest BCUT2D eigenvalue weighted by molar-refractivity contribution is 5.85. The monoisotopic (exact) mass is 269 g/mol. The van der Waals surface area contributed by atoms with Crippen molar-refractivity contribution in [2.45, 2.75) is 33.5 Å². The lowest BCUT2D eigenvalue weighted by atomic mass is 10.3. The van der Waals surface area contributed by atoms with Gasteiger partial charge in [0.1, 0.15) is 0 Å². The predicted octanol–water partition coefficient (Wildman–Crippen LogP) is 1.66. The van der Waals surface area contributed by atoms with Crippen LogP contribution in [0, 0.1) is 6.92 Å². The molecule has 2 rings (SSSR count). The lowest BCUT2D eigenvalue weighted by Crippen LogP contribution is -2.17. The fourth-order valence-electron chi connectivity index (χ4n) is 1.94. The molecule has 0 bridgehead atoms. The summed E-state index contributed by atoms with van der Waals surface area (Å²) in [4.78, 5) is 0. The van der Waals surface area contributed by atoms with Crippen LogP contribution in [0.2, 0.25) is 0 Å². The third-order valence-corrected chi connectivity index (χ3v) is 2.82. The van der Waals surface area contributed by atoms with Crippen LogP contribution in [-0.4, -0.2) is 19.6 Å². The largest absolute Gasteiger partial charge is 0.306 e. The van der Waals surface area contributed by atoms with Crippen LogP contribution < -0.4 is 5.32 Å². The highest BCUT2D eigenvalue weighted by atomic mass is 35.5. The second-order valence-electron chi connectivity index (χ2n) is 4.14. The predicted molar refractivity (Wildman–Crippen MR) is 73.6 cm³/mol. The number of nitrogens with one attached hydrogen (secondary N) is 1. The maximum atomic E-state index is 4.32. The molecule has 100 valence electrons. The van der Waals surface area contributed by atoms with Crippen molar-refractivity contribution in [1.82, 2.24) is 24.9 Å². The van der Waals surface area contributed by atoms with Crippen LogP contribution in [0.5, 0.6) is 0 Å². The zero-order valence-corrected chi connectivity index (χ0v) is 11.9. The number of hydrogen-bond donors (Lipinski definition) is 1. The van der Waals surface area contributed by atoms with E-state index in [-0.39, 0.29) is 12.4 Å². The first-order valence-electron chi connectivity index (χ1n) is 5.91. The molecule has 0 spiro atoms. The van der Waals surface area contributed by atoms with Gasteiger partial charge in [-0.3, -0.25) is 9.36 Å². The Labute approximate surface area is 114 Å². The molecule has 2 heterocycles. The molecule has 0 aliphatic heterocycles. The van der Waals surface area contributed by atoms with E-state index >= 15 is 0 Å². The Hall–Kier alpha value is -1.33. The summed E-state index contributed by atoms with van der Waals surface area (Å²) >= 11 is 0. The van der Waals surface area contributed by atoms with E-state index in [0.29, 0.717) is 0 Å². The SMILES string of the molecule is CCn1nccc1CNCc1cc(C)nn1C.Cl. The molecule has 0 aliphatic carbocycles. The summed E-state index contributed by atoms with van der Waals surface area (Å²) in [6, 6.07) is 4.15. The van der Waals surface area contributed by atoms with Crippen molar-refractivity contribution in [3.05, 3.63) is 35.4 Å². The molecular weight excluding hydrogens is 250 g/mol. The molecule has 0 amide bonds.